The number of hydrogen-bond donors (Lipinski definition) is 1. The maximum atomic E-state index is 14.3. The number of carbonyl (C=O) groups excluding carboxylic acids is 2. The van der Waals surface area contributed by atoms with Crippen LogP contribution in [0.4, 0.5) is 5.69 Å². The third kappa shape index (κ3) is 8.25. The number of ether oxygens (including phenoxy) is 1. The smallest absolute Gasteiger partial charge is 0.264 e. The van der Waals surface area contributed by atoms with E-state index in [1.54, 1.807) is 54.6 Å². The highest BCUT2D eigenvalue weighted by Crippen LogP contribution is 2.29. The topological polar surface area (TPSA) is 96.0 Å². The van der Waals surface area contributed by atoms with Gasteiger partial charge in [0.2, 0.25) is 11.8 Å². The van der Waals surface area contributed by atoms with Crippen LogP contribution in [0.2, 0.25) is 10.0 Å². The fourth-order valence-electron chi connectivity index (χ4n) is 5.43. The molecule has 0 heterocycles. The minimum absolute atomic E-state index is 0.0119. The van der Waals surface area contributed by atoms with Crippen molar-refractivity contribution in [1.82, 2.24) is 10.2 Å². The molecule has 2 amide bonds. The zero-order valence-electron chi connectivity index (χ0n) is 25.3. The predicted octanol–water partition coefficient (Wildman–Crippen LogP) is 6.76. The summed E-state index contributed by atoms with van der Waals surface area (Å²) in [5.41, 5.74) is 1.74. The molecular weight excluding hydrogens is 621 g/mol. The largest absolute Gasteiger partial charge is 0.497 e. The van der Waals surface area contributed by atoms with Gasteiger partial charge in [-0.3, -0.25) is 13.9 Å². The van der Waals surface area contributed by atoms with Crippen LogP contribution < -0.4 is 14.4 Å². The zero-order valence-corrected chi connectivity index (χ0v) is 27.6. The molecule has 236 valence electrons. The van der Waals surface area contributed by atoms with Gasteiger partial charge < -0.3 is 15.0 Å². The van der Waals surface area contributed by atoms with Crippen LogP contribution in [0.25, 0.3) is 0 Å². The average Bonchev–Trinajstić information content (AvgIpc) is 3.01. The zero-order chi connectivity index (χ0) is 31.9. The number of hydrogen-bond acceptors (Lipinski definition) is 5. The molecule has 8 nitrogen and oxygen atoms in total. The Balaban J connectivity index is 1.74. The van der Waals surface area contributed by atoms with Crippen molar-refractivity contribution in [3.63, 3.8) is 0 Å². The Labute approximate surface area is 270 Å². The van der Waals surface area contributed by atoms with Crippen molar-refractivity contribution in [2.75, 3.05) is 18.0 Å². The van der Waals surface area contributed by atoms with Gasteiger partial charge in [-0.05, 0) is 68.1 Å². The summed E-state index contributed by atoms with van der Waals surface area (Å²) in [4.78, 5) is 29.5. The fourth-order valence-corrected chi connectivity index (χ4v) is 7.30. The van der Waals surface area contributed by atoms with Gasteiger partial charge in [0.05, 0.1) is 17.7 Å². The first-order valence-electron chi connectivity index (χ1n) is 14.8. The predicted molar refractivity (Wildman–Crippen MR) is 175 cm³/mol. The second kappa shape index (κ2) is 15.1. The molecule has 0 saturated heterocycles. The van der Waals surface area contributed by atoms with Gasteiger partial charge in [-0.15, -0.1) is 0 Å². The molecule has 11 heteroatoms. The van der Waals surface area contributed by atoms with Crippen molar-refractivity contribution in [3.05, 3.63) is 87.9 Å². The Bertz CT molecular complexity index is 1560. The molecule has 0 radical (unpaired) electrons. The highest BCUT2D eigenvalue weighted by atomic mass is 35.5. The summed E-state index contributed by atoms with van der Waals surface area (Å²) in [6, 6.07) is 17.1. The van der Waals surface area contributed by atoms with E-state index < -0.39 is 28.5 Å². The first-order chi connectivity index (χ1) is 21.0. The van der Waals surface area contributed by atoms with E-state index in [1.807, 2.05) is 13.8 Å². The van der Waals surface area contributed by atoms with Crippen LogP contribution in [0.1, 0.15) is 56.6 Å². The molecule has 1 aliphatic rings. The van der Waals surface area contributed by atoms with E-state index in [4.69, 9.17) is 27.9 Å². The Morgan fingerprint density at radius 1 is 1.00 bits per heavy atom. The number of nitrogens with one attached hydrogen (secondary N) is 1. The molecule has 1 atom stereocenters. The molecule has 0 spiro atoms. The number of benzene rings is 3. The molecule has 0 bridgehead atoms. The van der Waals surface area contributed by atoms with Crippen molar-refractivity contribution in [3.8, 4) is 5.75 Å². The van der Waals surface area contributed by atoms with Gasteiger partial charge in [0, 0.05) is 28.7 Å². The van der Waals surface area contributed by atoms with E-state index in [-0.39, 0.29) is 29.1 Å². The molecule has 1 N–H and O–H groups in total. The Morgan fingerprint density at radius 2 is 1.70 bits per heavy atom. The molecule has 1 saturated carbocycles. The maximum Gasteiger partial charge on any atom is 0.264 e. The summed E-state index contributed by atoms with van der Waals surface area (Å²) in [5.74, 6) is -0.394. The van der Waals surface area contributed by atoms with Gasteiger partial charge >= 0.3 is 0 Å². The number of nitrogens with zero attached hydrogens (tertiary/aromatic N) is 2. The van der Waals surface area contributed by atoms with E-state index in [0.29, 0.717) is 27.8 Å². The summed E-state index contributed by atoms with van der Waals surface area (Å²) in [6.07, 6.45) is 5.31. The SMILES string of the molecule is CC[C@H](C(=O)NC1CCCCC1)N(Cc1ccc(Cl)cc1Cl)C(=O)CN(c1cccc(OC)c1)S(=O)(=O)c1ccc(C)cc1. The number of aryl methyl sites for hydroxylation is 1. The highest BCUT2D eigenvalue weighted by Gasteiger charge is 2.35. The van der Waals surface area contributed by atoms with Gasteiger partial charge in [0.15, 0.2) is 0 Å². The van der Waals surface area contributed by atoms with E-state index in [0.717, 1.165) is 42.0 Å². The number of rotatable bonds is 12. The average molecular weight is 661 g/mol. The van der Waals surface area contributed by atoms with Gasteiger partial charge in [-0.25, -0.2) is 8.42 Å². The number of halogens is 2. The Morgan fingerprint density at radius 3 is 2.34 bits per heavy atom. The molecule has 1 fully saturated rings. The second-order valence-corrected chi connectivity index (χ2v) is 13.8. The Hall–Kier alpha value is -3.27. The molecule has 0 aromatic heterocycles. The summed E-state index contributed by atoms with van der Waals surface area (Å²) >= 11 is 12.7. The first kappa shape index (κ1) is 33.6. The minimum atomic E-state index is -4.20. The summed E-state index contributed by atoms with van der Waals surface area (Å²) in [7, 11) is -2.72. The van der Waals surface area contributed by atoms with E-state index >= 15 is 0 Å². The minimum Gasteiger partial charge on any atom is -0.497 e. The van der Waals surface area contributed by atoms with Crippen LogP contribution in [0.15, 0.2) is 71.6 Å². The van der Waals surface area contributed by atoms with E-state index in [1.165, 1.54) is 24.1 Å². The van der Waals surface area contributed by atoms with Gasteiger partial charge in [-0.2, -0.15) is 0 Å². The highest BCUT2D eigenvalue weighted by molar-refractivity contribution is 7.92. The molecule has 44 heavy (non-hydrogen) atoms. The van der Waals surface area contributed by atoms with Crippen LogP contribution >= 0.6 is 23.2 Å². The first-order valence-corrected chi connectivity index (χ1v) is 17.0. The molecule has 0 aliphatic heterocycles. The number of carbonyl (C=O) groups is 2. The standard InChI is InChI=1S/C33H39Cl2N3O5S/c1-4-31(33(40)36-26-9-6-5-7-10-26)37(21-24-15-16-25(34)19-30(24)35)32(39)22-38(27-11-8-12-28(20-27)43-3)44(41,42)29-17-13-23(2)14-18-29/h8,11-20,26,31H,4-7,9-10,21-22H2,1-3H3,(H,36,40)/t31-/m1/s1. The summed E-state index contributed by atoms with van der Waals surface area (Å²) in [6.45, 7) is 3.13. The lowest BCUT2D eigenvalue weighted by Crippen LogP contribution is -2.54. The van der Waals surface area contributed by atoms with Crippen LogP contribution in [-0.2, 0) is 26.2 Å². The van der Waals surface area contributed by atoms with E-state index in [9.17, 15) is 18.0 Å². The Kier molecular flexibility index (Phi) is 11.6. The third-order valence-electron chi connectivity index (χ3n) is 7.92. The molecule has 0 unspecified atom stereocenters. The molecule has 3 aromatic rings. The molecular formula is C33H39Cl2N3O5S. The number of amides is 2. The van der Waals surface area contributed by atoms with Crippen LogP contribution in [-0.4, -0.2) is 50.9 Å². The quantitative estimate of drug-likeness (QED) is 0.232. The van der Waals surface area contributed by atoms with Crippen LogP contribution in [0.3, 0.4) is 0 Å². The van der Waals surface area contributed by atoms with Crippen molar-refractivity contribution in [2.45, 2.75) is 75.9 Å². The second-order valence-electron chi connectivity index (χ2n) is 11.1. The fraction of sp³-hybridized carbons (Fsp3) is 0.394. The number of sulfonamides is 1. The lowest BCUT2D eigenvalue weighted by atomic mass is 9.95. The molecule has 1 aliphatic carbocycles. The summed E-state index contributed by atoms with van der Waals surface area (Å²) in [5, 5.41) is 3.92. The van der Waals surface area contributed by atoms with Crippen molar-refractivity contribution < 1.29 is 22.7 Å². The third-order valence-corrected chi connectivity index (χ3v) is 10.3. The number of anilines is 1. The van der Waals surface area contributed by atoms with Crippen molar-refractivity contribution in [1.29, 1.82) is 0 Å². The lowest BCUT2D eigenvalue weighted by Gasteiger charge is -2.34. The summed E-state index contributed by atoms with van der Waals surface area (Å²) < 4.78 is 34.6. The number of methoxy groups -OCH3 is 1. The van der Waals surface area contributed by atoms with Gasteiger partial charge in [0.25, 0.3) is 10.0 Å². The molecule has 3 aromatic carbocycles. The lowest BCUT2D eigenvalue weighted by molar-refractivity contribution is -0.140. The van der Waals surface area contributed by atoms with Gasteiger partial charge in [0.1, 0.15) is 18.3 Å². The van der Waals surface area contributed by atoms with Crippen molar-refractivity contribution in [2.24, 2.45) is 0 Å². The van der Waals surface area contributed by atoms with Gasteiger partial charge in [-0.1, -0.05) is 79.2 Å². The molecule has 4 rings (SSSR count). The van der Waals surface area contributed by atoms with Crippen LogP contribution in [0.5, 0.6) is 5.75 Å². The normalized spacial score (nSPS) is 14.5. The maximum absolute atomic E-state index is 14.3. The van der Waals surface area contributed by atoms with E-state index in [2.05, 4.69) is 5.32 Å². The monoisotopic (exact) mass is 659 g/mol. The van der Waals surface area contributed by atoms with Crippen molar-refractivity contribution >= 4 is 50.7 Å². The van der Waals surface area contributed by atoms with Crippen LogP contribution in [0, 0.1) is 6.92 Å².